The molecule has 0 saturated carbocycles. The molecule has 3 rings (SSSR count). The van der Waals surface area contributed by atoms with E-state index in [1.807, 2.05) is 6.07 Å². The number of hydrogen-bond acceptors (Lipinski definition) is 3. The fraction of sp³-hybridized carbons (Fsp3) is 0.333. The van der Waals surface area contributed by atoms with Gasteiger partial charge in [-0.3, -0.25) is 0 Å². The van der Waals surface area contributed by atoms with Crippen LogP contribution in [0.4, 0.5) is 4.39 Å². The van der Waals surface area contributed by atoms with E-state index < -0.39 is 21.9 Å². The zero-order chi connectivity index (χ0) is 17.3. The average Bonchev–Trinajstić information content (AvgIpc) is 3.02. The quantitative estimate of drug-likeness (QED) is 0.900. The van der Waals surface area contributed by atoms with Crippen molar-refractivity contribution in [3.8, 4) is 5.75 Å². The van der Waals surface area contributed by atoms with Crippen molar-refractivity contribution in [2.75, 3.05) is 7.11 Å². The Kier molecular flexibility index (Phi) is 4.60. The third-order valence-corrected chi connectivity index (χ3v) is 5.93. The number of nitrogens with one attached hydrogen (secondary N) is 1. The van der Waals surface area contributed by atoms with Crippen molar-refractivity contribution in [1.82, 2.24) is 4.72 Å². The predicted molar refractivity (Wildman–Crippen MR) is 90.2 cm³/mol. The summed E-state index contributed by atoms with van der Waals surface area (Å²) < 4.78 is 46.4. The van der Waals surface area contributed by atoms with E-state index in [-0.39, 0.29) is 10.6 Å². The van der Waals surface area contributed by atoms with Gasteiger partial charge in [-0.2, -0.15) is 0 Å². The smallest absolute Gasteiger partial charge is 0.244 e. The molecular formula is C18H20FNO3S. The molecule has 0 aromatic heterocycles. The summed E-state index contributed by atoms with van der Waals surface area (Å²) in [6.45, 7) is 1.78. The minimum Gasteiger partial charge on any atom is -0.495 e. The normalized spacial score (nSPS) is 15.1. The molecule has 0 fully saturated rings. The molecule has 1 unspecified atom stereocenters. The van der Waals surface area contributed by atoms with E-state index in [9.17, 15) is 12.8 Å². The molecule has 1 aliphatic carbocycles. The second-order valence-electron chi connectivity index (χ2n) is 6.02. The van der Waals surface area contributed by atoms with Gasteiger partial charge in [-0.05, 0) is 61.1 Å². The van der Waals surface area contributed by atoms with Crippen molar-refractivity contribution in [2.24, 2.45) is 0 Å². The van der Waals surface area contributed by atoms with E-state index in [1.54, 1.807) is 6.92 Å². The van der Waals surface area contributed by atoms with Crippen molar-refractivity contribution < 1.29 is 17.5 Å². The summed E-state index contributed by atoms with van der Waals surface area (Å²) in [7, 11) is -2.54. The van der Waals surface area contributed by atoms with Gasteiger partial charge in [-0.25, -0.2) is 17.5 Å². The van der Waals surface area contributed by atoms with Crippen LogP contribution in [0, 0.1) is 5.82 Å². The fourth-order valence-electron chi connectivity index (χ4n) is 3.09. The highest BCUT2D eigenvalue weighted by Gasteiger charge is 2.24. The summed E-state index contributed by atoms with van der Waals surface area (Å²) in [5, 5.41) is 0. The number of methoxy groups -OCH3 is 1. The molecule has 1 atom stereocenters. The zero-order valence-electron chi connectivity index (χ0n) is 13.7. The molecular weight excluding hydrogens is 329 g/mol. The van der Waals surface area contributed by atoms with Crippen LogP contribution >= 0.6 is 0 Å². The van der Waals surface area contributed by atoms with E-state index in [4.69, 9.17) is 4.74 Å². The van der Waals surface area contributed by atoms with Gasteiger partial charge in [0.15, 0.2) is 0 Å². The van der Waals surface area contributed by atoms with Crippen LogP contribution in [0.25, 0.3) is 0 Å². The number of rotatable bonds is 5. The van der Waals surface area contributed by atoms with Crippen LogP contribution in [0.15, 0.2) is 41.3 Å². The van der Waals surface area contributed by atoms with E-state index in [2.05, 4.69) is 16.9 Å². The molecule has 1 aliphatic rings. The monoisotopic (exact) mass is 349 g/mol. The Balaban J connectivity index is 1.88. The lowest BCUT2D eigenvalue weighted by Gasteiger charge is -2.17. The number of halogens is 1. The molecule has 6 heteroatoms. The molecule has 0 aliphatic heterocycles. The average molecular weight is 349 g/mol. The number of sulfonamides is 1. The lowest BCUT2D eigenvalue weighted by molar-refractivity contribution is 0.400. The fourth-order valence-corrected chi connectivity index (χ4v) is 4.50. The van der Waals surface area contributed by atoms with Crippen LogP contribution < -0.4 is 9.46 Å². The molecule has 0 radical (unpaired) electrons. The molecule has 4 nitrogen and oxygen atoms in total. The number of hydrogen-bond donors (Lipinski definition) is 1. The first kappa shape index (κ1) is 16.9. The number of benzene rings is 2. The van der Waals surface area contributed by atoms with E-state index in [0.29, 0.717) is 0 Å². The Bertz CT molecular complexity index is 865. The van der Waals surface area contributed by atoms with Gasteiger partial charge in [0.25, 0.3) is 0 Å². The Labute approximate surface area is 141 Å². The van der Waals surface area contributed by atoms with Gasteiger partial charge in [0.2, 0.25) is 10.0 Å². The molecule has 2 aromatic carbocycles. The second kappa shape index (κ2) is 6.53. The van der Waals surface area contributed by atoms with Gasteiger partial charge in [0.05, 0.1) is 7.11 Å². The molecule has 0 spiro atoms. The Hall–Kier alpha value is -1.92. The van der Waals surface area contributed by atoms with Gasteiger partial charge >= 0.3 is 0 Å². The largest absolute Gasteiger partial charge is 0.495 e. The standard InChI is InChI=1S/C18H20FNO3S/c1-12(14-7-6-13-4-3-5-15(13)10-14)20-24(21,22)18-11-16(19)8-9-17(18)23-2/h6-12,20H,3-5H2,1-2H3. The summed E-state index contributed by atoms with van der Waals surface area (Å²) in [4.78, 5) is -0.196. The molecule has 1 N–H and O–H groups in total. The molecule has 0 heterocycles. The highest BCUT2D eigenvalue weighted by Crippen LogP contribution is 2.28. The third-order valence-electron chi connectivity index (χ3n) is 4.37. The number of fused-ring (bicyclic) bond motifs is 1. The topological polar surface area (TPSA) is 55.4 Å². The third kappa shape index (κ3) is 3.30. The van der Waals surface area contributed by atoms with Crippen molar-refractivity contribution in [2.45, 2.75) is 37.1 Å². The number of ether oxygens (including phenoxy) is 1. The first-order valence-electron chi connectivity index (χ1n) is 7.88. The van der Waals surface area contributed by atoms with E-state index >= 15 is 0 Å². The maximum absolute atomic E-state index is 13.5. The summed E-state index contributed by atoms with van der Waals surface area (Å²) in [5.41, 5.74) is 3.51. The van der Waals surface area contributed by atoms with Crippen LogP contribution in [0.5, 0.6) is 5.75 Å². The van der Waals surface area contributed by atoms with E-state index in [0.717, 1.165) is 30.9 Å². The van der Waals surface area contributed by atoms with Crippen LogP contribution in [0.1, 0.15) is 36.1 Å². The first-order chi connectivity index (χ1) is 11.4. The maximum atomic E-state index is 13.5. The maximum Gasteiger partial charge on any atom is 0.244 e. The van der Waals surface area contributed by atoms with Crippen LogP contribution in [0.3, 0.4) is 0 Å². The van der Waals surface area contributed by atoms with Crippen LogP contribution in [-0.4, -0.2) is 15.5 Å². The van der Waals surface area contributed by atoms with Gasteiger partial charge in [-0.1, -0.05) is 18.2 Å². The molecule has 0 saturated heterocycles. The zero-order valence-corrected chi connectivity index (χ0v) is 14.5. The van der Waals surface area contributed by atoms with Crippen LogP contribution in [0.2, 0.25) is 0 Å². The molecule has 24 heavy (non-hydrogen) atoms. The first-order valence-corrected chi connectivity index (χ1v) is 9.36. The summed E-state index contributed by atoms with van der Waals surface area (Å²) >= 11 is 0. The highest BCUT2D eigenvalue weighted by atomic mass is 32.2. The Morgan fingerprint density at radius 3 is 2.62 bits per heavy atom. The SMILES string of the molecule is COc1ccc(F)cc1S(=O)(=O)NC(C)c1ccc2c(c1)CCC2. The van der Waals surface area contributed by atoms with Crippen LogP contribution in [-0.2, 0) is 22.9 Å². The number of aryl methyl sites for hydroxylation is 2. The van der Waals surface area contributed by atoms with Crippen molar-refractivity contribution in [3.63, 3.8) is 0 Å². The van der Waals surface area contributed by atoms with E-state index in [1.165, 1.54) is 30.4 Å². The van der Waals surface area contributed by atoms with Gasteiger partial charge < -0.3 is 4.74 Å². The highest BCUT2D eigenvalue weighted by molar-refractivity contribution is 7.89. The summed E-state index contributed by atoms with van der Waals surface area (Å²) in [6.07, 6.45) is 3.25. The Morgan fingerprint density at radius 1 is 1.12 bits per heavy atom. The predicted octanol–water partition coefficient (Wildman–Crippen LogP) is 3.36. The molecule has 128 valence electrons. The lowest BCUT2D eigenvalue weighted by Crippen LogP contribution is -2.27. The van der Waals surface area contributed by atoms with Crippen molar-refractivity contribution in [3.05, 3.63) is 58.9 Å². The lowest BCUT2D eigenvalue weighted by atomic mass is 10.0. The second-order valence-corrected chi connectivity index (χ2v) is 7.70. The molecule has 0 bridgehead atoms. The Morgan fingerprint density at radius 2 is 1.88 bits per heavy atom. The van der Waals surface area contributed by atoms with Gasteiger partial charge in [0.1, 0.15) is 16.5 Å². The molecule has 2 aromatic rings. The van der Waals surface area contributed by atoms with Gasteiger partial charge in [-0.15, -0.1) is 0 Å². The van der Waals surface area contributed by atoms with Crippen molar-refractivity contribution >= 4 is 10.0 Å². The van der Waals surface area contributed by atoms with Gasteiger partial charge in [0, 0.05) is 6.04 Å². The summed E-state index contributed by atoms with van der Waals surface area (Å²) in [6, 6.07) is 9.08. The summed E-state index contributed by atoms with van der Waals surface area (Å²) in [5.74, 6) is -0.508. The molecule has 0 amide bonds. The van der Waals surface area contributed by atoms with Crippen molar-refractivity contribution in [1.29, 1.82) is 0 Å². The minimum absolute atomic E-state index is 0.116. The minimum atomic E-state index is -3.90.